The van der Waals surface area contributed by atoms with Crippen LogP contribution < -0.4 is 10.6 Å². The number of pyridine rings is 1. The van der Waals surface area contributed by atoms with Gasteiger partial charge in [-0.2, -0.15) is 4.98 Å². The van der Waals surface area contributed by atoms with Crippen LogP contribution in [0.15, 0.2) is 37.1 Å². The van der Waals surface area contributed by atoms with Crippen LogP contribution >= 0.6 is 0 Å². The third-order valence-electron chi connectivity index (χ3n) is 4.43. The van der Waals surface area contributed by atoms with Crippen LogP contribution in [0.5, 0.6) is 0 Å². The van der Waals surface area contributed by atoms with Gasteiger partial charge in [-0.25, -0.2) is 19.9 Å². The molecule has 10 heteroatoms. The van der Waals surface area contributed by atoms with Gasteiger partial charge in [-0.05, 0) is 12.1 Å². The van der Waals surface area contributed by atoms with Crippen molar-refractivity contribution in [3.05, 3.63) is 37.1 Å². The van der Waals surface area contributed by atoms with Gasteiger partial charge in [0.15, 0.2) is 11.8 Å². The lowest BCUT2D eigenvalue weighted by Gasteiger charge is -2.28. The molecule has 0 bridgehead atoms. The molecule has 0 saturated carbocycles. The van der Waals surface area contributed by atoms with E-state index >= 15 is 0 Å². The number of nitrogens with one attached hydrogen (secondary N) is 1. The molecule has 0 radical (unpaired) electrons. The Labute approximate surface area is 154 Å². The number of aromatic nitrogens is 7. The van der Waals surface area contributed by atoms with Gasteiger partial charge in [0.05, 0.1) is 36.3 Å². The molecule has 1 aliphatic rings. The fraction of sp³-hybridized carbons (Fsp3) is 0.235. The van der Waals surface area contributed by atoms with Crippen molar-refractivity contribution in [1.29, 1.82) is 0 Å². The summed E-state index contributed by atoms with van der Waals surface area (Å²) in [6.45, 7) is 2.81. The zero-order chi connectivity index (χ0) is 18.2. The molecule has 3 N–H and O–H groups in total. The van der Waals surface area contributed by atoms with Crippen LogP contribution in [0.4, 0.5) is 11.8 Å². The van der Waals surface area contributed by atoms with Crippen molar-refractivity contribution in [2.24, 2.45) is 0 Å². The summed E-state index contributed by atoms with van der Waals surface area (Å²) < 4.78 is 7.27. The van der Waals surface area contributed by atoms with Gasteiger partial charge in [-0.1, -0.05) is 0 Å². The second-order valence-electron chi connectivity index (χ2n) is 6.16. The number of ether oxygens (including phenoxy) is 1. The zero-order valence-electron chi connectivity index (χ0n) is 14.4. The van der Waals surface area contributed by atoms with E-state index < -0.39 is 0 Å². The van der Waals surface area contributed by atoms with Crippen LogP contribution in [0.3, 0.4) is 0 Å². The highest BCUT2D eigenvalue weighted by atomic mass is 16.5. The molecule has 5 heterocycles. The lowest BCUT2D eigenvalue weighted by Crippen LogP contribution is -2.37. The summed E-state index contributed by atoms with van der Waals surface area (Å²) in [5.41, 5.74) is 8.67. The van der Waals surface area contributed by atoms with Crippen LogP contribution in [0, 0.1) is 0 Å². The molecular formula is C17H17N9O. The van der Waals surface area contributed by atoms with Crippen molar-refractivity contribution >= 4 is 22.8 Å². The van der Waals surface area contributed by atoms with E-state index in [1.807, 2.05) is 18.3 Å². The maximum absolute atomic E-state index is 5.70. The van der Waals surface area contributed by atoms with Gasteiger partial charge in [0.2, 0.25) is 5.95 Å². The number of nitrogens with zero attached hydrogens (tertiary/aromatic N) is 7. The van der Waals surface area contributed by atoms with E-state index in [0.29, 0.717) is 25.1 Å². The number of hydrogen-bond donors (Lipinski definition) is 2. The Morgan fingerprint density at radius 2 is 2.00 bits per heavy atom. The average Bonchev–Trinajstić information content (AvgIpc) is 3.39. The van der Waals surface area contributed by atoms with E-state index in [-0.39, 0.29) is 0 Å². The van der Waals surface area contributed by atoms with E-state index in [2.05, 4.69) is 24.8 Å². The van der Waals surface area contributed by atoms with Crippen LogP contribution in [0.1, 0.15) is 0 Å². The molecule has 1 saturated heterocycles. The maximum Gasteiger partial charge on any atom is 0.237 e. The molecule has 5 rings (SSSR count). The smallest absolute Gasteiger partial charge is 0.237 e. The molecule has 0 atom stereocenters. The third kappa shape index (κ3) is 2.85. The van der Waals surface area contributed by atoms with E-state index in [4.69, 9.17) is 20.4 Å². The molecule has 4 aromatic heterocycles. The van der Waals surface area contributed by atoms with Crippen molar-refractivity contribution in [2.75, 3.05) is 36.9 Å². The number of hydrogen-bond acceptors (Lipinski definition) is 8. The van der Waals surface area contributed by atoms with Gasteiger partial charge < -0.3 is 20.4 Å². The number of rotatable bonds is 3. The normalized spacial score (nSPS) is 14.7. The molecular weight excluding hydrogens is 346 g/mol. The molecule has 0 aromatic carbocycles. The summed E-state index contributed by atoms with van der Waals surface area (Å²) in [7, 11) is 0. The van der Waals surface area contributed by atoms with E-state index in [0.717, 1.165) is 41.3 Å². The lowest BCUT2D eigenvalue weighted by molar-refractivity contribution is 0.122. The first-order valence-electron chi connectivity index (χ1n) is 8.58. The average molecular weight is 363 g/mol. The minimum Gasteiger partial charge on any atom is -0.378 e. The number of fused-ring (bicyclic) bond motifs is 1. The second kappa shape index (κ2) is 6.32. The first-order valence-corrected chi connectivity index (χ1v) is 8.58. The monoisotopic (exact) mass is 363 g/mol. The number of nitrogens with two attached hydrogens (primary N) is 1. The highest BCUT2D eigenvalue weighted by Gasteiger charge is 2.20. The highest BCUT2D eigenvalue weighted by Crippen LogP contribution is 2.27. The number of aromatic amines is 1. The van der Waals surface area contributed by atoms with Crippen LogP contribution in [-0.4, -0.2) is 60.8 Å². The van der Waals surface area contributed by atoms with Crippen LogP contribution in [0.2, 0.25) is 0 Å². The van der Waals surface area contributed by atoms with Gasteiger partial charge in [-0.15, -0.1) is 0 Å². The van der Waals surface area contributed by atoms with Gasteiger partial charge in [0.1, 0.15) is 11.8 Å². The number of imidazole rings is 2. The summed E-state index contributed by atoms with van der Waals surface area (Å²) in [6, 6.07) is 3.82. The van der Waals surface area contributed by atoms with Crippen molar-refractivity contribution in [1.82, 2.24) is 34.5 Å². The quantitative estimate of drug-likeness (QED) is 0.553. The Bertz CT molecular complexity index is 1080. The second-order valence-corrected chi connectivity index (χ2v) is 6.16. The standard InChI is InChI=1S/C17H17N9O/c18-16-20-9-13(22-16)11-1-2-12-14(21-11)15(25-5-7-27-8-6-25)24-17(23-12)26-4-3-19-10-26/h1-4,9-10H,5-8H2,(H3,18,20,22). The Kier molecular flexibility index (Phi) is 3.68. The van der Waals surface area contributed by atoms with Gasteiger partial charge in [0, 0.05) is 25.5 Å². The van der Waals surface area contributed by atoms with Gasteiger partial charge >= 0.3 is 0 Å². The van der Waals surface area contributed by atoms with Crippen molar-refractivity contribution in [3.8, 4) is 17.3 Å². The maximum atomic E-state index is 5.70. The SMILES string of the molecule is Nc1ncc(-c2ccc3nc(-n4ccnc4)nc(N4CCOCC4)c3n2)[nH]1. The van der Waals surface area contributed by atoms with E-state index in [1.165, 1.54) is 0 Å². The largest absolute Gasteiger partial charge is 0.378 e. The molecule has 4 aromatic rings. The minimum absolute atomic E-state index is 0.354. The molecule has 10 nitrogen and oxygen atoms in total. The Morgan fingerprint density at radius 3 is 2.74 bits per heavy atom. The minimum atomic E-state index is 0.354. The molecule has 1 aliphatic heterocycles. The number of morpholine rings is 1. The zero-order valence-corrected chi connectivity index (χ0v) is 14.4. The summed E-state index contributed by atoms with van der Waals surface area (Å²) in [6.07, 6.45) is 6.86. The van der Waals surface area contributed by atoms with Gasteiger partial charge in [0.25, 0.3) is 0 Å². The summed E-state index contributed by atoms with van der Waals surface area (Å²) in [4.78, 5) is 27.5. The van der Waals surface area contributed by atoms with E-state index in [9.17, 15) is 0 Å². The van der Waals surface area contributed by atoms with Crippen molar-refractivity contribution < 1.29 is 4.74 Å². The fourth-order valence-electron chi connectivity index (χ4n) is 3.09. The predicted molar refractivity (Wildman–Crippen MR) is 99.5 cm³/mol. The number of H-pyrrole nitrogens is 1. The first kappa shape index (κ1) is 15.7. The summed E-state index contributed by atoms with van der Waals surface area (Å²) >= 11 is 0. The first-order chi connectivity index (χ1) is 13.3. The number of anilines is 2. The number of nitrogen functional groups attached to an aromatic ring is 1. The lowest BCUT2D eigenvalue weighted by atomic mass is 10.2. The Morgan fingerprint density at radius 1 is 1.11 bits per heavy atom. The van der Waals surface area contributed by atoms with Crippen molar-refractivity contribution in [2.45, 2.75) is 0 Å². The van der Waals surface area contributed by atoms with Gasteiger partial charge in [-0.3, -0.25) is 4.57 Å². The van der Waals surface area contributed by atoms with Crippen LogP contribution in [-0.2, 0) is 4.74 Å². The summed E-state index contributed by atoms with van der Waals surface area (Å²) in [5, 5.41) is 0. The molecule has 0 aliphatic carbocycles. The third-order valence-corrected chi connectivity index (χ3v) is 4.43. The molecule has 0 spiro atoms. The highest BCUT2D eigenvalue weighted by molar-refractivity contribution is 5.88. The molecule has 0 amide bonds. The Balaban J connectivity index is 1.69. The predicted octanol–water partition coefficient (Wildman–Crippen LogP) is 1.02. The summed E-state index contributed by atoms with van der Waals surface area (Å²) in [5.74, 6) is 1.69. The Hall–Kier alpha value is -3.53. The topological polar surface area (TPSA) is 124 Å². The molecule has 1 fully saturated rings. The molecule has 136 valence electrons. The van der Waals surface area contributed by atoms with Crippen molar-refractivity contribution in [3.63, 3.8) is 0 Å². The van der Waals surface area contributed by atoms with Crippen LogP contribution in [0.25, 0.3) is 28.4 Å². The molecule has 27 heavy (non-hydrogen) atoms. The molecule has 0 unspecified atom stereocenters. The fourth-order valence-corrected chi connectivity index (χ4v) is 3.09. The van der Waals surface area contributed by atoms with E-state index in [1.54, 1.807) is 23.3 Å².